The lowest BCUT2D eigenvalue weighted by molar-refractivity contribution is -0.123. The van der Waals surface area contributed by atoms with Crippen LogP contribution < -0.4 is 5.32 Å². The summed E-state index contributed by atoms with van der Waals surface area (Å²) < 4.78 is 7.60. The number of hydrogen-bond acceptors (Lipinski definition) is 4. The Labute approximate surface area is 196 Å². The third-order valence-corrected chi connectivity index (χ3v) is 6.09. The van der Waals surface area contributed by atoms with Crippen LogP contribution in [-0.2, 0) is 16.1 Å². The molecule has 0 saturated carbocycles. The van der Waals surface area contributed by atoms with Gasteiger partial charge < -0.3 is 19.7 Å². The van der Waals surface area contributed by atoms with Crippen molar-refractivity contribution in [1.82, 2.24) is 4.57 Å². The number of esters is 1. The average Bonchev–Trinajstić information content (AvgIpc) is 3.16. The van der Waals surface area contributed by atoms with Crippen LogP contribution in [0.3, 0.4) is 0 Å². The number of anilines is 1. The van der Waals surface area contributed by atoms with E-state index in [2.05, 4.69) is 28.9 Å². The van der Waals surface area contributed by atoms with Gasteiger partial charge in [-0.2, -0.15) is 0 Å². The SMILES string of the molecule is CCn1c2ccccc2c2cc(NC(=O)[C@@H](C)OC(=O)c3cc4ccccc4cc3O)ccc21. The number of nitrogens with one attached hydrogen (secondary N) is 1. The summed E-state index contributed by atoms with van der Waals surface area (Å²) in [6, 6.07) is 24.4. The Kier molecular flexibility index (Phi) is 5.42. The molecule has 0 fully saturated rings. The minimum atomic E-state index is -1.05. The van der Waals surface area contributed by atoms with Gasteiger partial charge in [0, 0.05) is 34.0 Å². The van der Waals surface area contributed by atoms with Gasteiger partial charge >= 0.3 is 5.97 Å². The number of carbonyl (C=O) groups is 2. The summed E-state index contributed by atoms with van der Waals surface area (Å²) in [7, 11) is 0. The molecule has 0 spiro atoms. The zero-order valence-corrected chi connectivity index (χ0v) is 18.9. The molecule has 0 unspecified atom stereocenters. The van der Waals surface area contributed by atoms with Crippen LogP contribution in [0.25, 0.3) is 32.6 Å². The highest BCUT2D eigenvalue weighted by molar-refractivity contribution is 6.10. The van der Waals surface area contributed by atoms with E-state index in [9.17, 15) is 14.7 Å². The largest absolute Gasteiger partial charge is 0.507 e. The fourth-order valence-corrected chi connectivity index (χ4v) is 4.39. The number of aryl methyl sites for hydroxylation is 1. The molecule has 5 rings (SSSR count). The van der Waals surface area contributed by atoms with E-state index in [1.165, 1.54) is 13.0 Å². The summed E-state index contributed by atoms with van der Waals surface area (Å²) in [5, 5.41) is 16.9. The monoisotopic (exact) mass is 452 g/mol. The van der Waals surface area contributed by atoms with Gasteiger partial charge in [0.1, 0.15) is 11.3 Å². The molecule has 5 aromatic rings. The van der Waals surface area contributed by atoms with Crippen molar-refractivity contribution < 1.29 is 19.4 Å². The second kappa shape index (κ2) is 8.56. The molecule has 1 aromatic heterocycles. The van der Waals surface area contributed by atoms with E-state index in [-0.39, 0.29) is 11.3 Å². The van der Waals surface area contributed by atoms with Crippen LogP contribution in [0.5, 0.6) is 5.75 Å². The van der Waals surface area contributed by atoms with Gasteiger partial charge in [0.2, 0.25) is 0 Å². The quantitative estimate of drug-likeness (QED) is 0.328. The molecule has 1 amide bonds. The van der Waals surface area contributed by atoms with Crippen molar-refractivity contribution in [2.45, 2.75) is 26.5 Å². The molecule has 170 valence electrons. The molecular weight excluding hydrogens is 428 g/mol. The van der Waals surface area contributed by atoms with Crippen LogP contribution in [0.15, 0.2) is 78.9 Å². The number of fused-ring (bicyclic) bond motifs is 4. The molecule has 0 bridgehead atoms. The summed E-state index contributed by atoms with van der Waals surface area (Å²) in [5.74, 6) is -1.39. The first-order chi connectivity index (χ1) is 16.5. The zero-order valence-electron chi connectivity index (χ0n) is 18.9. The molecule has 6 heteroatoms. The number of para-hydroxylation sites is 1. The zero-order chi connectivity index (χ0) is 23.8. The number of rotatable bonds is 5. The normalized spacial score (nSPS) is 12.2. The van der Waals surface area contributed by atoms with Crippen LogP contribution in [0.1, 0.15) is 24.2 Å². The second-order valence-corrected chi connectivity index (χ2v) is 8.25. The van der Waals surface area contributed by atoms with Crippen molar-refractivity contribution in [2.75, 3.05) is 5.32 Å². The van der Waals surface area contributed by atoms with Gasteiger partial charge in [-0.25, -0.2) is 4.79 Å². The predicted molar refractivity (Wildman–Crippen MR) is 134 cm³/mol. The summed E-state index contributed by atoms with van der Waals surface area (Å²) in [6.07, 6.45) is -1.05. The third-order valence-electron chi connectivity index (χ3n) is 6.09. The highest BCUT2D eigenvalue weighted by atomic mass is 16.5. The van der Waals surface area contributed by atoms with Gasteiger partial charge in [-0.15, -0.1) is 0 Å². The molecule has 2 N–H and O–H groups in total. The van der Waals surface area contributed by atoms with Crippen LogP contribution in [0.2, 0.25) is 0 Å². The number of phenolic OH excluding ortho intramolecular Hbond substituents is 1. The fourth-order valence-electron chi connectivity index (χ4n) is 4.39. The van der Waals surface area contributed by atoms with Crippen LogP contribution in [0.4, 0.5) is 5.69 Å². The number of aromatic hydroxyl groups is 1. The van der Waals surface area contributed by atoms with Gasteiger partial charge in [0.25, 0.3) is 5.91 Å². The Balaban J connectivity index is 1.35. The first-order valence-corrected chi connectivity index (χ1v) is 11.2. The molecule has 0 radical (unpaired) electrons. The van der Waals surface area contributed by atoms with E-state index in [1.54, 1.807) is 6.07 Å². The molecule has 0 aliphatic carbocycles. The van der Waals surface area contributed by atoms with E-state index in [0.29, 0.717) is 5.69 Å². The number of ether oxygens (including phenoxy) is 1. The molecule has 1 heterocycles. The number of phenols is 1. The predicted octanol–water partition coefficient (Wildman–Crippen LogP) is 5.86. The maximum atomic E-state index is 12.8. The van der Waals surface area contributed by atoms with Crippen molar-refractivity contribution in [2.24, 2.45) is 0 Å². The molecule has 4 aromatic carbocycles. The molecule has 0 aliphatic heterocycles. The first kappa shape index (κ1) is 21.5. The summed E-state index contributed by atoms with van der Waals surface area (Å²) in [6.45, 7) is 4.45. The van der Waals surface area contributed by atoms with E-state index in [1.807, 2.05) is 54.6 Å². The summed E-state index contributed by atoms with van der Waals surface area (Å²) >= 11 is 0. The Morgan fingerprint density at radius 3 is 2.35 bits per heavy atom. The van der Waals surface area contributed by atoms with Crippen molar-refractivity contribution in [3.8, 4) is 5.75 Å². The standard InChI is InChI=1S/C28H24N2O4/c1-3-30-24-11-7-6-10-21(24)22-16-20(12-13-25(22)30)29-27(32)17(2)34-28(33)23-14-18-8-4-5-9-19(18)15-26(23)31/h4-17,31H,3H2,1-2H3,(H,29,32)/t17-/m1/s1. The van der Waals surface area contributed by atoms with Gasteiger partial charge in [-0.3, -0.25) is 4.79 Å². The number of carbonyl (C=O) groups excluding carboxylic acids is 2. The van der Waals surface area contributed by atoms with Crippen molar-refractivity contribution in [3.63, 3.8) is 0 Å². The first-order valence-electron chi connectivity index (χ1n) is 11.2. The van der Waals surface area contributed by atoms with Gasteiger partial charge in [-0.1, -0.05) is 42.5 Å². The Hall–Kier alpha value is -4.32. The van der Waals surface area contributed by atoms with Crippen molar-refractivity contribution in [1.29, 1.82) is 0 Å². The van der Waals surface area contributed by atoms with Crippen molar-refractivity contribution >= 4 is 50.1 Å². The number of nitrogens with zero attached hydrogens (tertiary/aromatic N) is 1. The minimum Gasteiger partial charge on any atom is -0.507 e. The third kappa shape index (κ3) is 3.73. The molecular formula is C28H24N2O4. The molecule has 34 heavy (non-hydrogen) atoms. The number of benzene rings is 4. The van der Waals surface area contributed by atoms with E-state index < -0.39 is 18.0 Å². The Bertz CT molecular complexity index is 1570. The number of hydrogen-bond donors (Lipinski definition) is 2. The smallest absolute Gasteiger partial charge is 0.342 e. The minimum absolute atomic E-state index is 0.0205. The molecule has 6 nitrogen and oxygen atoms in total. The molecule has 0 saturated heterocycles. The number of aromatic nitrogens is 1. The van der Waals surface area contributed by atoms with Gasteiger partial charge in [0.15, 0.2) is 6.10 Å². The maximum Gasteiger partial charge on any atom is 0.342 e. The van der Waals surface area contributed by atoms with E-state index in [0.717, 1.165) is 39.1 Å². The van der Waals surface area contributed by atoms with Gasteiger partial charge in [-0.05, 0) is 61.0 Å². The van der Waals surface area contributed by atoms with E-state index in [4.69, 9.17) is 4.74 Å². The number of amides is 1. The lowest BCUT2D eigenvalue weighted by atomic mass is 10.1. The summed E-state index contributed by atoms with van der Waals surface area (Å²) in [5.41, 5.74) is 2.87. The Morgan fingerprint density at radius 2 is 1.59 bits per heavy atom. The average molecular weight is 453 g/mol. The van der Waals surface area contributed by atoms with Crippen LogP contribution >= 0.6 is 0 Å². The highest BCUT2D eigenvalue weighted by Gasteiger charge is 2.22. The van der Waals surface area contributed by atoms with Crippen LogP contribution in [0, 0.1) is 0 Å². The molecule has 0 aliphatic rings. The molecule has 1 atom stereocenters. The summed E-state index contributed by atoms with van der Waals surface area (Å²) in [4.78, 5) is 25.5. The van der Waals surface area contributed by atoms with E-state index >= 15 is 0 Å². The topological polar surface area (TPSA) is 80.6 Å². The second-order valence-electron chi connectivity index (χ2n) is 8.25. The Morgan fingerprint density at radius 1 is 0.912 bits per heavy atom. The van der Waals surface area contributed by atoms with Crippen molar-refractivity contribution in [3.05, 3.63) is 84.4 Å². The lowest BCUT2D eigenvalue weighted by Gasteiger charge is -2.15. The lowest BCUT2D eigenvalue weighted by Crippen LogP contribution is -2.30. The highest BCUT2D eigenvalue weighted by Crippen LogP contribution is 2.31. The fraction of sp³-hybridized carbons (Fsp3) is 0.143. The maximum absolute atomic E-state index is 12.8. The van der Waals surface area contributed by atoms with Gasteiger partial charge in [0.05, 0.1) is 0 Å². The van der Waals surface area contributed by atoms with Crippen LogP contribution in [-0.4, -0.2) is 27.7 Å².